The van der Waals surface area contributed by atoms with Gasteiger partial charge >= 0.3 is 0 Å². The van der Waals surface area contributed by atoms with Gasteiger partial charge in [0.1, 0.15) is 5.82 Å². The molecule has 0 saturated carbocycles. The molecule has 1 aromatic rings. The minimum Gasteiger partial charge on any atom is -0.328 e. The van der Waals surface area contributed by atoms with Crippen LogP contribution in [-0.4, -0.2) is 49.1 Å². The first-order valence-corrected chi connectivity index (χ1v) is 7.50. The maximum atomic E-state index is 13.8. The van der Waals surface area contributed by atoms with Crippen molar-refractivity contribution < 1.29 is 4.39 Å². The van der Waals surface area contributed by atoms with Gasteiger partial charge in [-0.05, 0) is 46.0 Å². The lowest BCUT2D eigenvalue weighted by Crippen LogP contribution is -2.42. The van der Waals surface area contributed by atoms with Gasteiger partial charge in [-0.2, -0.15) is 0 Å². The molecule has 4 heteroatoms. The topological polar surface area (TPSA) is 32.5 Å². The van der Waals surface area contributed by atoms with Crippen LogP contribution in [0.5, 0.6) is 0 Å². The number of rotatable bonds is 5. The smallest absolute Gasteiger partial charge is 0.127 e. The second-order valence-electron chi connectivity index (χ2n) is 5.86. The molecule has 1 saturated heterocycles. The number of nitrogens with zero attached hydrogens (tertiary/aromatic N) is 2. The van der Waals surface area contributed by atoms with E-state index in [1.54, 1.807) is 6.07 Å². The van der Waals surface area contributed by atoms with E-state index in [0.717, 1.165) is 44.6 Å². The number of hydrogen-bond acceptors (Lipinski definition) is 3. The van der Waals surface area contributed by atoms with Gasteiger partial charge < -0.3 is 10.6 Å². The summed E-state index contributed by atoms with van der Waals surface area (Å²) in [6.45, 7) is 6.21. The first-order valence-electron chi connectivity index (χ1n) is 7.50. The van der Waals surface area contributed by atoms with Crippen molar-refractivity contribution in [1.29, 1.82) is 0 Å². The summed E-state index contributed by atoms with van der Waals surface area (Å²) >= 11 is 0. The third-order valence-corrected chi connectivity index (χ3v) is 4.42. The molecular formula is C16H26FN3. The first kappa shape index (κ1) is 15.4. The fourth-order valence-corrected chi connectivity index (χ4v) is 2.72. The molecule has 1 heterocycles. The van der Waals surface area contributed by atoms with Crippen LogP contribution in [0, 0.1) is 5.82 Å². The molecule has 0 amide bonds. The van der Waals surface area contributed by atoms with Crippen molar-refractivity contribution in [3.63, 3.8) is 0 Å². The van der Waals surface area contributed by atoms with E-state index in [1.807, 2.05) is 12.1 Å². The third kappa shape index (κ3) is 4.01. The van der Waals surface area contributed by atoms with E-state index in [0.29, 0.717) is 6.04 Å². The van der Waals surface area contributed by atoms with E-state index in [9.17, 15) is 4.39 Å². The molecule has 1 aromatic carbocycles. The molecular weight excluding hydrogens is 253 g/mol. The standard InChI is InChI=1S/C16H26FN3/c1-13(15-5-3-4-6-16(15)17)19(2)11-12-20-9-7-14(18)8-10-20/h3-6,13-14H,7-12,18H2,1-2H3. The Morgan fingerprint density at radius 1 is 1.35 bits per heavy atom. The summed E-state index contributed by atoms with van der Waals surface area (Å²) in [5.74, 6) is -0.115. The molecule has 0 aromatic heterocycles. The summed E-state index contributed by atoms with van der Waals surface area (Å²) in [4.78, 5) is 4.67. The number of likely N-dealkylation sites (N-methyl/N-ethyl adjacent to an activating group) is 1. The highest BCUT2D eigenvalue weighted by molar-refractivity contribution is 5.20. The lowest BCUT2D eigenvalue weighted by atomic mass is 10.1. The van der Waals surface area contributed by atoms with Gasteiger partial charge in [0.05, 0.1) is 0 Å². The van der Waals surface area contributed by atoms with E-state index < -0.39 is 0 Å². The zero-order valence-electron chi connectivity index (χ0n) is 12.6. The third-order valence-electron chi connectivity index (χ3n) is 4.42. The largest absolute Gasteiger partial charge is 0.328 e. The monoisotopic (exact) mass is 279 g/mol. The van der Waals surface area contributed by atoms with Gasteiger partial charge in [0.2, 0.25) is 0 Å². The summed E-state index contributed by atoms with van der Waals surface area (Å²) in [6, 6.07) is 7.52. The van der Waals surface area contributed by atoms with Crippen LogP contribution in [0.25, 0.3) is 0 Å². The SMILES string of the molecule is CC(c1ccccc1F)N(C)CCN1CCC(N)CC1. The number of nitrogens with two attached hydrogens (primary N) is 1. The average molecular weight is 279 g/mol. The molecule has 1 aliphatic rings. The molecule has 0 radical (unpaired) electrons. The second kappa shape index (κ2) is 7.16. The highest BCUT2D eigenvalue weighted by Gasteiger charge is 2.18. The van der Waals surface area contributed by atoms with Gasteiger partial charge in [-0.25, -0.2) is 4.39 Å². The van der Waals surface area contributed by atoms with Crippen LogP contribution in [0.3, 0.4) is 0 Å². The zero-order chi connectivity index (χ0) is 14.5. The molecule has 2 N–H and O–H groups in total. The van der Waals surface area contributed by atoms with Gasteiger partial charge in [-0.15, -0.1) is 0 Å². The van der Waals surface area contributed by atoms with Crippen molar-refractivity contribution in [1.82, 2.24) is 9.80 Å². The summed E-state index contributed by atoms with van der Waals surface area (Å²) in [5, 5.41) is 0. The van der Waals surface area contributed by atoms with Crippen LogP contribution in [0.1, 0.15) is 31.4 Å². The van der Waals surface area contributed by atoms with Gasteiger partial charge in [0, 0.05) is 30.7 Å². The molecule has 0 aliphatic carbocycles. The Balaban J connectivity index is 1.82. The second-order valence-corrected chi connectivity index (χ2v) is 5.86. The number of likely N-dealkylation sites (tertiary alicyclic amines) is 1. The molecule has 20 heavy (non-hydrogen) atoms. The van der Waals surface area contributed by atoms with Gasteiger partial charge in [0.25, 0.3) is 0 Å². The van der Waals surface area contributed by atoms with E-state index in [4.69, 9.17) is 5.73 Å². The quantitative estimate of drug-likeness (QED) is 0.897. The van der Waals surface area contributed by atoms with Crippen LogP contribution in [-0.2, 0) is 0 Å². The van der Waals surface area contributed by atoms with Crippen molar-refractivity contribution in [2.24, 2.45) is 5.73 Å². The van der Waals surface area contributed by atoms with Crippen molar-refractivity contribution in [3.8, 4) is 0 Å². The minimum absolute atomic E-state index is 0.100. The number of piperidine rings is 1. The Kier molecular flexibility index (Phi) is 5.52. The highest BCUT2D eigenvalue weighted by atomic mass is 19.1. The number of hydrogen-bond donors (Lipinski definition) is 1. The fraction of sp³-hybridized carbons (Fsp3) is 0.625. The molecule has 0 spiro atoms. The van der Waals surface area contributed by atoms with E-state index in [2.05, 4.69) is 23.8 Å². The van der Waals surface area contributed by atoms with Crippen molar-refractivity contribution in [2.45, 2.75) is 31.8 Å². The van der Waals surface area contributed by atoms with E-state index >= 15 is 0 Å². The number of benzene rings is 1. The van der Waals surface area contributed by atoms with Crippen molar-refractivity contribution >= 4 is 0 Å². The lowest BCUT2D eigenvalue weighted by molar-refractivity contribution is 0.168. The first-order chi connectivity index (χ1) is 9.58. The highest BCUT2D eigenvalue weighted by Crippen LogP contribution is 2.21. The average Bonchev–Trinajstić information content (AvgIpc) is 2.46. The molecule has 0 bridgehead atoms. The summed E-state index contributed by atoms with van der Waals surface area (Å²) in [6.07, 6.45) is 2.18. The zero-order valence-corrected chi connectivity index (χ0v) is 12.6. The van der Waals surface area contributed by atoms with Crippen molar-refractivity contribution in [2.75, 3.05) is 33.2 Å². The maximum absolute atomic E-state index is 13.8. The van der Waals surface area contributed by atoms with Gasteiger partial charge in [-0.3, -0.25) is 4.90 Å². The Bertz CT molecular complexity index is 416. The Labute approximate surface area is 121 Å². The van der Waals surface area contributed by atoms with Gasteiger partial charge in [-0.1, -0.05) is 18.2 Å². The minimum atomic E-state index is -0.115. The molecule has 2 rings (SSSR count). The molecule has 1 atom stereocenters. The number of halogens is 1. The van der Waals surface area contributed by atoms with Crippen LogP contribution >= 0.6 is 0 Å². The van der Waals surface area contributed by atoms with Crippen molar-refractivity contribution in [3.05, 3.63) is 35.6 Å². The molecule has 112 valence electrons. The lowest BCUT2D eigenvalue weighted by Gasteiger charge is -2.33. The van der Waals surface area contributed by atoms with Crippen LogP contribution in [0.2, 0.25) is 0 Å². The predicted molar refractivity (Wildman–Crippen MR) is 81.1 cm³/mol. The van der Waals surface area contributed by atoms with Crippen LogP contribution < -0.4 is 5.73 Å². The maximum Gasteiger partial charge on any atom is 0.127 e. The van der Waals surface area contributed by atoms with E-state index in [1.165, 1.54) is 6.07 Å². The molecule has 1 unspecified atom stereocenters. The van der Waals surface area contributed by atoms with E-state index in [-0.39, 0.29) is 11.9 Å². The summed E-state index contributed by atoms with van der Waals surface area (Å²) in [5.41, 5.74) is 6.69. The molecule has 1 fully saturated rings. The van der Waals surface area contributed by atoms with Crippen LogP contribution in [0.4, 0.5) is 4.39 Å². The fourth-order valence-electron chi connectivity index (χ4n) is 2.72. The predicted octanol–water partition coefficient (Wildman–Crippen LogP) is 2.24. The Morgan fingerprint density at radius 2 is 2.00 bits per heavy atom. The van der Waals surface area contributed by atoms with Crippen LogP contribution in [0.15, 0.2) is 24.3 Å². The van der Waals surface area contributed by atoms with Gasteiger partial charge in [0.15, 0.2) is 0 Å². The molecule has 3 nitrogen and oxygen atoms in total. The Hall–Kier alpha value is -0.970. The summed E-state index contributed by atoms with van der Waals surface area (Å²) < 4.78 is 13.8. The summed E-state index contributed by atoms with van der Waals surface area (Å²) in [7, 11) is 2.06. The normalized spacial score (nSPS) is 19.4. The Morgan fingerprint density at radius 3 is 2.65 bits per heavy atom. The molecule has 1 aliphatic heterocycles.